The average molecular weight is 208 g/mol. The van der Waals surface area contributed by atoms with Crippen LogP contribution in [0.4, 0.5) is 4.39 Å². The van der Waals surface area contributed by atoms with Crippen LogP contribution >= 0.6 is 0 Å². The Bertz CT molecular complexity index is 243. The van der Waals surface area contributed by atoms with Crippen molar-refractivity contribution in [3.05, 3.63) is 35.9 Å². The molecule has 0 aromatic heterocycles. The smallest absolute Gasteiger partial charge is 0.100 e. The maximum Gasteiger partial charge on any atom is 0.100 e. The first-order valence-electron chi connectivity index (χ1n) is 6.01. The molecule has 0 nitrogen and oxygen atoms in total. The average Bonchev–Trinajstić information content (AvgIpc) is 2.26. The van der Waals surface area contributed by atoms with E-state index in [0.29, 0.717) is 0 Å². The van der Waals surface area contributed by atoms with Gasteiger partial charge in [0, 0.05) is 0 Å². The summed E-state index contributed by atoms with van der Waals surface area (Å²) in [6.07, 6.45) is 5.04. The van der Waals surface area contributed by atoms with Gasteiger partial charge in [-0.05, 0) is 31.2 Å². The molecule has 0 heterocycles. The van der Waals surface area contributed by atoms with E-state index in [1.54, 1.807) is 0 Å². The summed E-state index contributed by atoms with van der Waals surface area (Å²) in [6, 6.07) is 10.4. The normalized spacial score (nSPS) is 12.7. The van der Waals surface area contributed by atoms with Crippen molar-refractivity contribution in [1.82, 2.24) is 0 Å². The van der Waals surface area contributed by atoms with Gasteiger partial charge in [-0.3, -0.25) is 0 Å². The van der Waals surface area contributed by atoms with Crippen LogP contribution in [0.1, 0.15) is 44.6 Å². The van der Waals surface area contributed by atoms with Crippen molar-refractivity contribution in [2.45, 2.75) is 51.6 Å². The molecule has 0 amide bonds. The lowest BCUT2D eigenvalue weighted by Gasteiger charge is -2.06. The number of unbranched alkanes of at least 4 members (excludes halogenated alkanes) is 1. The van der Waals surface area contributed by atoms with Gasteiger partial charge in [0.2, 0.25) is 0 Å². The van der Waals surface area contributed by atoms with E-state index in [9.17, 15) is 4.39 Å². The van der Waals surface area contributed by atoms with Crippen LogP contribution in [-0.4, -0.2) is 6.17 Å². The summed E-state index contributed by atoms with van der Waals surface area (Å²) in [4.78, 5) is 0. The quantitative estimate of drug-likeness (QED) is 0.577. The second-order valence-electron chi connectivity index (χ2n) is 4.12. The van der Waals surface area contributed by atoms with Gasteiger partial charge in [0.1, 0.15) is 6.17 Å². The summed E-state index contributed by atoms with van der Waals surface area (Å²) >= 11 is 0. The van der Waals surface area contributed by atoms with E-state index in [-0.39, 0.29) is 0 Å². The van der Waals surface area contributed by atoms with Gasteiger partial charge in [-0.1, -0.05) is 50.1 Å². The Morgan fingerprint density at radius 2 is 1.80 bits per heavy atom. The van der Waals surface area contributed by atoms with Crippen molar-refractivity contribution < 1.29 is 4.39 Å². The lowest BCUT2D eigenvalue weighted by atomic mass is 10.0. The molecule has 0 radical (unpaired) electrons. The fourth-order valence-corrected chi connectivity index (χ4v) is 1.80. The van der Waals surface area contributed by atoms with Gasteiger partial charge < -0.3 is 0 Å². The molecular weight excluding hydrogens is 187 g/mol. The lowest BCUT2D eigenvalue weighted by molar-refractivity contribution is 0.286. The fourth-order valence-electron chi connectivity index (χ4n) is 1.80. The van der Waals surface area contributed by atoms with Crippen molar-refractivity contribution >= 4 is 0 Å². The van der Waals surface area contributed by atoms with E-state index in [1.807, 2.05) is 13.0 Å². The maximum atomic E-state index is 13.1. The summed E-state index contributed by atoms with van der Waals surface area (Å²) < 4.78 is 13.1. The van der Waals surface area contributed by atoms with Crippen LogP contribution in [0.25, 0.3) is 0 Å². The number of rotatable bonds is 7. The molecule has 0 spiro atoms. The van der Waals surface area contributed by atoms with Gasteiger partial charge >= 0.3 is 0 Å². The molecule has 1 aromatic carbocycles. The van der Waals surface area contributed by atoms with E-state index in [4.69, 9.17) is 0 Å². The summed E-state index contributed by atoms with van der Waals surface area (Å²) in [6.45, 7) is 2.04. The van der Waals surface area contributed by atoms with Gasteiger partial charge in [-0.25, -0.2) is 4.39 Å². The number of benzene rings is 1. The summed E-state index contributed by atoms with van der Waals surface area (Å²) in [5.74, 6) is 0. The first-order valence-corrected chi connectivity index (χ1v) is 6.01. The highest BCUT2D eigenvalue weighted by Gasteiger charge is 2.03. The Morgan fingerprint density at radius 1 is 1.07 bits per heavy atom. The monoisotopic (exact) mass is 208 g/mol. The number of alkyl halides is 1. The van der Waals surface area contributed by atoms with Crippen LogP contribution in [0.2, 0.25) is 0 Å². The lowest BCUT2D eigenvalue weighted by Crippen LogP contribution is -1.99. The highest BCUT2D eigenvalue weighted by Crippen LogP contribution is 2.12. The molecular formula is C14H21F. The van der Waals surface area contributed by atoms with Gasteiger partial charge in [0.05, 0.1) is 0 Å². The largest absolute Gasteiger partial charge is 0.247 e. The third-order valence-electron chi connectivity index (χ3n) is 2.68. The molecule has 1 aromatic rings. The van der Waals surface area contributed by atoms with Gasteiger partial charge in [-0.2, -0.15) is 0 Å². The van der Waals surface area contributed by atoms with Crippen LogP contribution in [0.3, 0.4) is 0 Å². The first kappa shape index (κ1) is 12.2. The standard InChI is InChI=1S/C14H21F/c1-2-8-14(15)12-7-6-11-13-9-4-3-5-10-13/h3-5,9-10,14H,2,6-8,11-12H2,1H3. The minimum absolute atomic E-state index is 0.578. The van der Waals surface area contributed by atoms with Crippen LogP contribution in [0.5, 0.6) is 0 Å². The third kappa shape index (κ3) is 5.56. The van der Waals surface area contributed by atoms with E-state index < -0.39 is 6.17 Å². The van der Waals surface area contributed by atoms with E-state index in [0.717, 1.165) is 38.5 Å². The van der Waals surface area contributed by atoms with Crippen LogP contribution in [0.15, 0.2) is 30.3 Å². The topological polar surface area (TPSA) is 0 Å². The molecule has 0 saturated heterocycles. The van der Waals surface area contributed by atoms with E-state index >= 15 is 0 Å². The second kappa shape index (κ2) is 7.44. The third-order valence-corrected chi connectivity index (χ3v) is 2.68. The Hall–Kier alpha value is -0.850. The zero-order valence-electron chi connectivity index (χ0n) is 9.58. The Labute approximate surface area is 92.5 Å². The van der Waals surface area contributed by atoms with Gasteiger partial charge in [-0.15, -0.1) is 0 Å². The number of hydrogen-bond donors (Lipinski definition) is 0. The molecule has 84 valence electrons. The minimum atomic E-state index is -0.578. The van der Waals surface area contributed by atoms with Crippen molar-refractivity contribution in [3.8, 4) is 0 Å². The predicted octanol–water partition coefficient (Wildman–Crippen LogP) is 4.54. The molecule has 0 aliphatic heterocycles. The van der Waals surface area contributed by atoms with Gasteiger partial charge in [0.15, 0.2) is 0 Å². The van der Waals surface area contributed by atoms with Crippen molar-refractivity contribution in [2.75, 3.05) is 0 Å². The van der Waals surface area contributed by atoms with Crippen molar-refractivity contribution in [3.63, 3.8) is 0 Å². The van der Waals surface area contributed by atoms with Crippen molar-refractivity contribution in [1.29, 1.82) is 0 Å². The second-order valence-corrected chi connectivity index (χ2v) is 4.12. The Balaban J connectivity index is 2.07. The van der Waals surface area contributed by atoms with E-state index in [2.05, 4.69) is 24.3 Å². The summed E-state index contributed by atoms with van der Waals surface area (Å²) in [7, 11) is 0. The summed E-state index contributed by atoms with van der Waals surface area (Å²) in [5.41, 5.74) is 1.36. The molecule has 0 N–H and O–H groups in total. The molecule has 0 aliphatic rings. The molecule has 15 heavy (non-hydrogen) atoms. The predicted molar refractivity (Wildman–Crippen MR) is 63.8 cm³/mol. The molecule has 1 atom stereocenters. The highest BCUT2D eigenvalue weighted by atomic mass is 19.1. The molecule has 1 heteroatoms. The molecule has 0 fully saturated rings. The number of aryl methyl sites for hydroxylation is 1. The van der Waals surface area contributed by atoms with Gasteiger partial charge in [0.25, 0.3) is 0 Å². The zero-order valence-corrected chi connectivity index (χ0v) is 9.58. The number of halogens is 1. The van der Waals surface area contributed by atoms with Crippen LogP contribution < -0.4 is 0 Å². The van der Waals surface area contributed by atoms with E-state index in [1.165, 1.54) is 5.56 Å². The number of hydrogen-bond acceptors (Lipinski definition) is 0. The van der Waals surface area contributed by atoms with Crippen molar-refractivity contribution in [2.24, 2.45) is 0 Å². The van der Waals surface area contributed by atoms with Crippen LogP contribution in [0, 0.1) is 0 Å². The maximum absolute atomic E-state index is 13.1. The first-order chi connectivity index (χ1) is 7.33. The molecule has 0 bridgehead atoms. The molecule has 1 unspecified atom stereocenters. The molecule has 1 rings (SSSR count). The molecule has 0 saturated carbocycles. The summed E-state index contributed by atoms with van der Waals surface area (Å²) in [5, 5.41) is 0. The fraction of sp³-hybridized carbons (Fsp3) is 0.571. The minimum Gasteiger partial charge on any atom is -0.247 e. The Kier molecular flexibility index (Phi) is 6.06. The van der Waals surface area contributed by atoms with Crippen LogP contribution in [-0.2, 0) is 6.42 Å². The molecule has 0 aliphatic carbocycles. The zero-order chi connectivity index (χ0) is 10.9. The SMILES string of the molecule is CCCC(F)CCCCc1ccccc1. The highest BCUT2D eigenvalue weighted by molar-refractivity contribution is 5.14. The Morgan fingerprint density at radius 3 is 2.47 bits per heavy atom.